The zero-order valence-corrected chi connectivity index (χ0v) is 20.8. The fourth-order valence-electron chi connectivity index (χ4n) is 4.70. The van der Waals surface area contributed by atoms with Gasteiger partial charge in [-0.1, -0.05) is 64.4 Å². The number of rotatable bonds is 6. The Morgan fingerprint density at radius 1 is 1.03 bits per heavy atom. The van der Waals surface area contributed by atoms with E-state index in [4.69, 9.17) is 4.42 Å². The van der Waals surface area contributed by atoms with Gasteiger partial charge in [0.25, 0.3) is 5.91 Å². The highest BCUT2D eigenvalue weighted by molar-refractivity contribution is 5.93. The molecule has 1 aromatic heterocycles. The maximum atomic E-state index is 13.0. The molecule has 1 amide bonds. The maximum absolute atomic E-state index is 13.0. The van der Waals surface area contributed by atoms with Crippen LogP contribution in [0.2, 0.25) is 0 Å². The molecule has 0 radical (unpaired) electrons. The van der Waals surface area contributed by atoms with Crippen molar-refractivity contribution >= 4 is 16.9 Å². The van der Waals surface area contributed by atoms with Crippen molar-refractivity contribution in [3.05, 3.63) is 81.2 Å². The Morgan fingerprint density at radius 3 is 2.38 bits per heavy atom. The Morgan fingerprint density at radius 2 is 1.74 bits per heavy atom. The summed E-state index contributed by atoms with van der Waals surface area (Å²) in [6.07, 6.45) is 4.43. The summed E-state index contributed by atoms with van der Waals surface area (Å²) in [5, 5.41) is 3.56. The molecular formula is C29H36N2O3. The highest BCUT2D eigenvalue weighted by atomic mass is 16.3. The number of piperidine rings is 1. The average Bonchev–Trinajstić information content (AvgIpc) is 2.84. The van der Waals surface area contributed by atoms with Gasteiger partial charge in [-0.3, -0.25) is 14.5 Å². The molecule has 3 aromatic rings. The number of benzene rings is 2. The molecule has 0 saturated carbocycles. The van der Waals surface area contributed by atoms with E-state index in [0.717, 1.165) is 25.1 Å². The van der Waals surface area contributed by atoms with Gasteiger partial charge in [0.15, 0.2) is 11.2 Å². The summed E-state index contributed by atoms with van der Waals surface area (Å²) >= 11 is 0. The summed E-state index contributed by atoms with van der Waals surface area (Å²) in [6, 6.07) is 15.7. The fraction of sp³-hybridized carbons (Fsp3) is 0.448. The number of carbonyl (C=O) groups excluding carboxylic acids is 1. The molecule has 0 aliphatic carbocycles. The quantitative estimate of drug-likeness (QED) is 0.519. The van der Waals surface area contributed by atoms with Crippen LogP contribution >= 0.6 is 0 Å². The second-order valence-electron chi connectivity index (χ2n) is 10.4. The normalized spacial score (nSPS) is 15.9. The van der Waals surface area contributed by atoms with Gasteiger partial charge in [-0.05, 0) is 66.6 Å². The SMILES string of the molecule is CCc1ccc2oc(C(=O)NCC(c3ccc(C(C)(C)C)cc3)N3CCCCC3)cc(=O)c2c1. The smallest absolute Gasteiger partial charge is 0.287 e. The summed E-state index contributed by atoms with van der Waals surface area (Å²) in [4.78, 5) is 28.1. The molecular weight excluding hydrogens is 424 g/mol. The number of nitrogens with one attached hydrogen (secondary N) is 1. The lowest BCUT2D eigenvalue weighted by Crippen LogP contribution is -2.40. The fourth-order valence-corrected chi connectivity index (χ4v) is 4.70. The predicted molar refractivity (Wildman–Crippen MR) is 138 cm³/mol. The standard InChI is InChI=1S/C29H36N2O3/c1-5-20-9-14-26-23(17-20)25(32)18-27(34-26)28(33)30-19-24(31-15-7-6-8-16-31)21-10-12-22(13-11-21)29(2,3)4/h9-14,17-18,24H,5-8,15-16,19H2,1-4H3,(H,30,33). The van der Waals surface area contributed by atoms with Gasteiger partial charge < -0.3 is 9.73 Å². The predicted octanol–water partition coefficient (Wildman–Crippen LogP) is 5.61. The Labute approximate surface area is 202 Å². The molecule has 2 heterocycles. The van der Waals surface area contributed by atoms with Crippen molar-refractivity contribution < 1.29 is 9.21 Å². The minimum absolute atomic E-state index is 0.0576. The van der Waals surface area contributed by atoms with Crippen molar-refractivity contribution in [2.24, 2.45) is 0 Å². The number of hydrogen-bond donors (Lipinski definition) is 1. The molecule has 1 N–H and O–H groups in total. The zero-order chi connectivity index (χ0) is 24.3. The minimum atomic E-state index is -0.355. The molecule has 1 fully saturated rings. The number of aryl methyl sites for hydroxylation is 1. The van der Waals surface area contributed by atoms with E-state index in [-0.39, 0.29) is 28.6 Å². The molecule has 0 spiro atoms. The van der Waals surface area contributed by atoms with Crippen LogP contribution in [0.5, 0.6) is 0 Å². The molecule has 1 atom stereocenters. The molecule has 4 rings (SSSR count). The number of carbonyl (C=O) groups is 1. The Balaban J connectivity index is 1.55. The van der Waals surface area contributed by atoms with Crippen LogP contribution in [-0.2, 0) is 11.8 Å². The van der Waals surface area contributed by atoms with Gasteiger partial charge in [-0.2, -0.15) is 0 Å². The lowest BCUT2D eigenvalue weighted by Gasteiger charge is -2.35. The van der Waals surface area contributed by atoms with Crippen LogP contribution in [0.3, 0.4) is 0 Å². The van der Waals surface area contributed by atoms with Crippen molar-refractivity contribution in [3.63, 3.8) is 0 Å². The van der Waals surface area contributed by atoms with Gasteiger partial charge in [-0.25, -0.2) is 0 Å². The van der Waals surface area contributed by atoms with Crippen molar-refractivity contribution in [1.29, 1.82) is 0 Å². The lowest BCUT2D eigenvalue weighted by atomic mass is 9.86. The van der Waals surface area contributed by atoms with Crippen LogP contribution in [0.25, 0.3) is 11.0 Å². The van der Waals surface area contributed by atoms with Crippen LogP contribution in [0.15, 0.2) is 57.7 Å². The number of nitrogens with zero attached hydrogens (tertiary/aromatic N) is 1. The van der Waals surface area contributed by atoms with Gasteiger partial charge in [-0.15, -0.1) is 0 Å². The number of likely N-dealkylation sites (tertiary alicyclic amines) is 1. The highest BCUT2D eigenvalue weighted by Crippen LogP contribution is 2.28. The van der Waals surface area contributed by atoms with Gasteiger partial charge >= 0.3 is 0 Å². The van der Waals surface area contributed by atoms with Crippen LogP contribution in [-0.4, -0.2) is 30.4 Å². The topological polar surface area (TPSA) is 62.6 Å². The largest absolute Gasteiger partial charge is 0.451 e. The number of amides is 1. The first-order valence-electron chi connectivity index (χ1n) is 12.5. The van der Waals surface area contributed by atoms with E-state index in [1.165, 1.54) is 36.5 Å². The van der Waals surface area contributed by atoms with Gasteiger partial charge in [0.05, 0.1) is 11.4 Å². The third kappa shape index (κ3) is 5.41. The third-order valence-electron chi connectivity index (χ3n) is 6.87. The van der Waals surface area contributed by atoms with Gasteiger partial charge in [0.2, 0.25) is 0 Å². The number of fused-ring (bicyclic) bond motifs is 1. The van der Waals surface area contributed by atoms with Gasteiger partial charge in [0, 0.05) is 12.6 Å². The second-order valence-corrected chi connectivity index (χ2v) is 10.4. The van der Waals surface area contributed by atoms with E-state index >= 15 is 0 Å². The molecule has 2 aromatic carbocycles. The molecule has 0 bridgehead atoms. The molecule has 1 aliphatic heterocycles. The van der Waals surface area contributed by atoms with Crippen molar-refractivity contribution in [2.45, 2.75) is 64.8 Å². The van der Waals surface area contributed by atoms with E-state index < -0.39 is 0 Å². The minimum Gasteiger partial charge on any atom is -0.451 e. The molecule has 1 aliphatic rings. The first-order chi connectivity index (χ1) is 16.3. The van der Waals surface area contributed by atoms with E-state index in [0.29, 0.717) is 17.5 Å². The van der Waals surface area contributed by atoms with Gasteiger partial charge in [0.1, 0.15) is 5.58 Å². The Kier molecular flexibility index (Phi) is 7.22. The first-order valence-corrected chi connectivity index (χ1v) is 12.5. The summed E-state index contributed by atoms with van der Waals surface area (Å²) in [5.41, 5.74) is 3.91. The Hall–Kier alpha value is -2.92. The molecule has 180 valence electrons. The molecule has 5 nitrogen and oxygen atoms in total. The van der Waals surface area contributed by atoms with E-state index in [2.05, 4.69) is 55.3 Å². The summed E-state index contributed by atoms with van der Waals surface area (Å²) in [6.45, 7) is 11.2. The molecule has 34 heavy (non-hydrogen) atoms. The van der Waals surface area contributed by atoms with Crippen molar-refractivity contribution in [1.82, 2.24) is 10.2 Å². The van der Waals surface area contributed by atoms with Crippen LogP contribution < -0.4 is 10.7 Å². The zero-order valence-electron chi connectivity index (χ0n) is 20.8. The highest BCUT2D eigenvalue weighted by Gasteiger charge is 2.24. The lowest BCUT2D eigenvalue weighted by molar-refractivity contribution is 0.0897. The summed E-state index contributed by atoms with van der Waals surface area (Å²) in [7, 11) is 0. The maximum Gasteiger partial charge on any atom is 0.287 e. The van der Waals surface area contributed by atoms with Crippen molar-refractivity contribution in [3.8, 4) is 0 Å². The molecule has 1 unspecified atom stereocenters. The van der Waals surface area contributed by atoms with E-state index in [1.807, 2.05) is 19.1 Å². The molecule has 5 heteroatoms. The van der Waals surface area contributed by atoms with Crippen LogP contribution in [0, 0.1) is 0 Å². The number of hydrogen-bond acceptors (Lipinski definition) is 4. The third-order valence-corrected chi connectivity index (χ3v) is 6.87. The van der Waals surface area contributed by atoms with E-state index in [9.17, 15) is 9.59 Å². The first kappa shape index (κ1) is 24.2. The summed E-state index contributed by atoms with van der Waals surface area (Å²) < 4.78 is 5.81. The average molecular weight is 461 g/mol. The van der Waals surface area contributed by atoms with E-state index in [1.54, 1.807) is 6.07 Å². The second kappa shape index (κ2) is 10.1. The Bertz CT molecular complexity index is 1200. The van der Waals surface area contributed by atoms with Crippen molar-refractivity contribution in [2.75, 3.05) is 19.6 Å². The summed E-state index contributed by atoms with van der Waals surface area (Å²) in [5.74, 6) is -0.297. The molecule has 1 saturated heterocycles. The monoisotopic (exact) mass is 460 g/mol. The van der Waals surface area contributed by atoms with Crippen LogP contribution in [0.4, 0.5) is 0 Å². The van der Waals surface area contributed by atoms with Crippen LogP contribution in [0.1, 0.15) is 80.2 Å².